The normalized spacial score (nSPS) is 16.8. The van der Waals surface area contributed by atoms with Crippen molar-refractivity contribution in [2.45, 2.75) is 39.4 Å². The van der Waals surface area contributed by atoms with Gasteiger partial charge in [0.1, 0.15) is 6.61 Å². The maximum absolute atomic E-state index is 12.1. The molecular weight excluding hydrogens is 508 g/mol. The number of ether oxygens (including phenoxy) is 1. The molecule has 0 radical (unpaired) electrons. The van der Waals surface area contributed by atoms with E-state index in [0.29, 0.717) is 5.11 Å². The lowest BCUT2D eigenvalue weighted by molar-refractivity contribution is -0.119. The summed E-state index contributed by atoms with van der Waals surface area (Å²) in [6.45, 7) is 7.04. The average Bonchev–Trinajstić information content (AvgIpc) is 3.42. The maximum Gasteiger partial charge on any atom is 0.250 e. The van der Waals surface area contributed by atoms with E-state index in [-0.39, 0.29) is 24.6 Å². The summed E-state index contributed by atoms with van der Waals surface area (Å²) in [5.74, 6) is -0.193. The molecule has 3 aromatic heterocycles. The molecule has 200 valence electrons. The molecule has 4 aromatic rings. The van der Waals surface area contributed by atoms with Crippen LogP contribution in [0.4, 0.5) is 11.4 Å². The van der Waals surface area contributed by atoms with Crippen molar-refractivity contribution in [1.82, 2.24) is 19.9 Å². The number of rotatable bonds is 8. The van der Waals surface area contributed by atoms with Gasteiger partial charge in [0.05, 0.1) is 17.8 Å². The van der Waals surface area contributed by atoms with Crippen molar-refractivity contribution < 1.29 is 9.53 Å². The molecule has 0 spiro atoms. The van der Waals surface area contributed by atoms with Crippen LogP contribution in [-0.4, -0.2) is 39.3 Å². The van der Waals surface area contributed by atoms with Crippen LogP contribution in [0.25, 0.3) is 0 Å². The third-order valence-corrected chi connectivity index (χ3v) is 7.47. The Morgan fingerprint density at radius 1 is 1.08 bits per heavy atom. The molecule has 0 aliphatic carbocycles. The molecule has 39 heavy (non-hydrogen) atoms. The molecule has 1 saturated heterocycles. The van der Waals surface area contributed by atoms with E-state index in [0.717, 1.165) is 29.2 Å². The van der Waals surface area contributed by atoms with Crippen LogP contribution in [0.1, 0.15) is 45.9 Å². The first-order valence-corrected chi connectivity index (χ1v) is 13.2. The Hall–Kier alpha value is -4.08. The molecule has 1 aliphatic heterocycles. The third kappa shape index (κ3) is 5.41. The van der Waals surface area contributed by atoms with E-state index in [1.807, 2.05) is 68.0 Å². The number of anilines is 2. The van der Waals surface area contributed by atoms with Crippen LogP contribution in [0.2, 0.25) is 0 Å². The quantitative estimate of drug-likeness (QED) is 0.304. The predicted octanol–water partition coefficient (Wildman–Crippen LogP) is 5.01. The number of nitrogens with one attached hydrogen (secondary N) is 2. The van der Waals surface area contributed by atoms with E-state index < -0.39 is 0 Å². The first kappa shape index (κ1) is 26.5. The number of thiocarbonyl (C=S) groups is 1. The standard InChI is InChI=1S/C30H32N6O2S/c1-19-15-23(8-9-25(19)33-27(37)18-38-4)36-29(28(34-30(36)39)26-7-5-6-12-32-26)24-16-20(2)35(21(24)3)17-22-10-13-31-14-11-22/h5-16,28-29H,17-18H2,1-4H3,(H,33,37)(H,34,39)/t28-,29+/m1/s1. The fourth-order valence-electron chi connectivity index (χ4n) is 5.25. The summed E-state index contributed by atoms with van der Waals surface area (Å²) in [6, 6.07) is 18.0. The number of methoxy groups -OCH3 is 1. The topological polar surface area (TPSA) is 84.3 Å². The minimum Gasteiger partial charge on any atom is -0.375 e. The molecule has 1 aliphatic rings. The lowest BCUT2D eigenvalue weighted by Crippen LogP contribution is -2.29. The largest absolute Gasteiger partial charge is 0.375 e. The minimum absolute atomic E-state index is 0.00423. The molecule has 1 amide bonds. The summed E-state index contributed by atoms with van der Waals surface area (Å²) in [4.78, 5) is 23.1. The molecule has 2 atom stereocenters. The Morgan fingerprint density at radius 2 is 1.87 bits per heavy atom. The number of amides is 1. The summed E-state index contributed by atoms with van der Waals surface area (Å²) in [5, 5.41) is 7.09. The van der Waals surface area contributed by atoms with Gasteiger partial charge in [-0.2, -0.15) is 0 Å². The van der Waals surface area contributed by atoms with Crippen molar-refractivity contribution in [2.24, 2.45) is 0 Å². The second-order valence-corrected chi connectivity index (χ2v) is 10.1. The highest BCUT2D eigenvalue weighted by Crippen LogP contribution is 2.44. The zero-order valence-corrected chi connectivity index (χ0v) is 23.3. The molecule has 1 aromatic carbocycles. The Kier molecular flexibility index (Phi) is 7.72. The first-order valence-electron chi connectivity index (χ1n) is 12.8. The Morgan fingerprint density at radius 3 is 2.56 bits per heavy atom. The number of hydrogen-bond acceptors (Lipinski definition) is 5. The maximum atomic E-state index is 12.1. The van der Waals surface area contributed by atoms with E-state index in [2.05, 4.69) is 56.0 Å². The molecule has 4 heterocycles. The van der Waals surface area contributed by atoms with E-state index in [9.17, 15) is 4.79 Å². The van der Waals surface area contributed by atoms with Crippen molar-refractivity contribution in [3.8, 4) is 0 Å². The van der Waals surface area contributed by atoms with Gasteiger partial charge in [0, 0.05) is 55.0 Å². The summed E-state index contributed by atoms with van der Waals surface area (Å²) in [5.41, 5.74) is 8.26. The average molecular weight is 541 g/mol. The number of pyridine rings is 2. The van der Waals surface area contributed by atoms with Crippen LogP contribution < -0.4 is 15.5 Å². The fourth-order valence-corrected chi connectivity index (χ4v) is 5.59. The van der Waals surface area contributed by atoms with E-state index >= 15 is 0 Å². The zero-order chi connectivity index (χ0) is 27.5. The van der Waals surface area contributed by atoms with Gasteiger partial charge in [-0.1, -0.05) is 6.07 Å². The summed E-state index contributed by atoms with van der Waals surface area (Å²) in [7, 11) is 1.50. The van der Waals surface area contributed by atoms with Gasteiger partial charge in [-0.05, 0) is 98.2 Å². The highest BCUT2D eigenvalue weighted by molar-refractivity contribution is 7.80. The van der Waals surface area contributed by atoms with Gasteiger partial charge >= 0.3 is 0 Å². The molecule has 0 saturated carbocycles. The monoisotopic (exact) mass is 540 g/mol. The summed E-state index contributed by atoms with van der Waals surface area (Å²) in [6.07, 6.45) is 5.46. The Bertz CT molecular complexity index is 1490. The van der Waals surface area contributed by atoms with Crippen LogP contribution in [-0.2, 0) is 16.1 Å². The Balaban J connectivity index is 1.56. The fraction of sp³-hybridized carbons (Fsp3) is 0.267. The van der Waals surface area contributed by atoms with Crippen LogP contribution >= 0.6 is 12.2 Å². The van der Waals surface area contributed by atoms with Gasteiger partial charge in [-0.25, -0.2) is 0 Å². The van der Waals surface area contributed by atoms with Gasteiger partial charge in [0.2, 0.25) is 5.91 Å². The number of benzene rings is 1. The molecule has 1 fully saturated rings. The van der Waals surface area contributed by atoms with Crippen LogP contribution in [0.3, 0.4) is 0 Å². The van der Waals surface area contributed by atoms with Gasteiger partial charge < -0.3 is 24.8 Å². The second kappa shape index (κ2) is 11.3. The highest BCUT2D eigenvalue weighted by atomic mass is 32.1. The molecule has 5 rings (SSSR count). The van der Waals surface area contributed by atoms with Gasteiger partial charge in [0.25, 0.3) is 0 Å². The zero-order valence-electron chi connectivity index (χ0n) is 22.5. The number of aryl methyl sites for hydroxylation is 2. The smallest absolute Gasteiger partial charge is 0.250 e. The molecule has 0 unspecified atom stereocenters. The third-order valence-electron chi connectivity index (χ3n) is 7.16. The highest BCUT2D eigenvalue weighted by Gasteiger charge is 2.42. The van der Waals surface area contributed by atoms with E-state index in [1.54, 1.807) is 0 Å². The predicted molar refractivity (Wildman–Crippen MR) is 157 cm³/mol. The number of hydrogen-bond donors (Lipinski definition) is 2. The van der Waals surface area contributed by atoms with Crippen LogP contribution in [0, 0.1) is 20.8 Å². The SMILES string of the molecule is COCC(=O)Nc1ccc(N2C(=S)N[C@H](c3ccccn3)[C@@H]2c2cc(C)n(Cc3ccncc3)c2C)cc1C. The van der Waals surface area contributed by atoms with Crippen molar-refractivity contribution in [2.75, 3.05) is 23.9 Å². The lowest BCUT2D eigenvalue weighted by atomic mass is 9.96. The van der Waals surface area contributed by atoms with E-state index in [4.69, 9.17) is 17.0 Å². The van der Waals surface area contributed by atoms with Crippen LogP contribution in [0.5, 0.6) is 0 Å². The first-order chi connectivity index (χ1) is 18.9. The molecule has 0 bridgehead atoms. The lowest BCUT2D eigenvalue weighted by Gasteiger charge is -2.29. The van der Waals surface area contributed by atoms with Crippen molar-refractivity contribution in [3.63, 3.8) is 0 Å². The van der Waals surface area contributed by atoms with Gasteiger partial charge in [0.15, 0.2) is 5.11 Å². The van der Waals surface area contributed by atoms with Crippen molar-refractivity contribution >= 4 is 34.6 Å². The number of aromatic nitrogens is 3. The second-order valence-electron chi connectivity index (χ2n) is 9.75. The van der Waals surface area contributed by atoms with Gasteiger partial charge in [-0.15, -0.1) is 0 Å². The molecule has 2 N–H and O–H groups in total. The summed E-state index contributed by atoms with van der Waals surface area (Å²) >= 11 is 5.93. The van der Waals surface area contributed by atoms with Crippen molar-refractivity contribution in [1.29, 1.82) is 0 Å². The van der Waals surface area contributed by atoms with Gasteiger partial charge in [-0.3, -0.25) is 14.8 Å². The number of carbonyl (C=O) groups excluding carboxylic acids is 1. The van der Waals surface area contributed by atoms with Crippen LogP contribution in [0.15, 0.2) is 73.2 Å². The molecular formula is C30H32N6O2S. The summed E-state index contributed by atoms with van der Waals surface area (Å²) < 4.78 is 7.29. The van der Waals surface area contributed by atoms with Crippen molar-refractivity contribution in [3.05, 3.63) is 107 Å². The Labute approximate surface area is 234 Å². The molecule has 9 heteroatoms. The molecule has 8 nitrogen and oxygen atoms in total. The minimum atomic E-state index is -0.193. The number of nitrogens with zero attached hydrogens (tertiary/aromatic N) is 4. The number of carbonyl (C=O) groups is 1. The van der Waals surface area contributed by atoms with E-state index in [1.165, 1.54) is 29.6 Å².